The Labute approximate surface area is 112 Å². The molecule has 104 valence electrons. The molecule has 0 saturated carbocycles. The van der Waals surface area contributed by atoms with Crippen LogP contribution >= 0.6 is 0 Å². The Morgan fingerprint density at radius 1 is 1.37 bits per heavy atom. The lowest BCUT2D eigenvalue weighted by atomic mass is 9.87. The number of hydrogen-bond acceptors (Lipinski definition) is 4. The minimum absolute atomic E-state index is 0.0736. The van der Waals surface area contributed by atoms with Gasteiger partial charge < -0.3 is 10.4 Å². The van der Waals surface area contributed by atoms with E-state index in [1.807, 2.05) is 20.8 Å². The van der Waals surface area contributed by atoms with Gasteiger partial charge in [-0.3, -0.25) is 14.6 Å². The molecule has 0 aliphatic rings. The second kappa shape index (κ2) is 6.26. The number of hydrogen-bond donors (Lipinski definition) is 2. The molecule has 6 nitrogen and oxygen atoms in total. The van der Waals surface area contributed by atoms with Crippen molar-refractivity contribution in [2.75, 3.05) is 0 Å². The van der Waals surface area contributed by atoms with Crippen LogP contribution < -0.4 is 5.32 Å². The van der Waals surface area contributed by atoms with Crippen LogP contribution in [0.2, 0.25) is 0 Å². The second-order valence-corrected chi connectivity index (χ2v) is 5.62. The van der Waals surface area contributed by atoms with Crippen molar-refractivity contribution in [1.29, 1.82) is 0 Å². The molecule has 1 aromatic rings. The first-order valence-corrected chi connectivity index (χ1v) is 6.06. The summed E-state index contributed by atoms with van der Waals surface area (Å²) in [6.07, 6.45) is 4.71. The van der Waals surface area contributed by atoms with E-state index in [1.165, 1.54) is 18.6 Å². The Morgan fingerprint density at radius 2 is 2.05 bits per heavy atom. The molecule has 1 amide bonds. The van der Waals surface area contributed by atoms with Crippen LogP contribution in [0.4, 0.5) is 0 Å². The Balaban J connectivity index is 2.72. The van der Waals surface area contributed by atoms with Gasteiger partial charge in [0.1, 0.15) is 5.69 Å². The largest absolute Gasteiger partial charge is 0.481 e. The van der Waals surface area contributed by atoms with E-state index in [0.29, 0.717) is 6.42 Å². The Hall–Kier alpha value is -1.98. The third kappa shape index (κ3) is 5.94. The number of carboxylic acid groups (broad SMARTS) is 1. The highest BCUT2D eigenvalue weighted by Gasteiger charge is 2.23. The lowest BCUT2D eigenvalue weighted by Gasteiger charge is -2.25. The first-order valence-electron chi connectivity index (χ1n) is 6.06. The van der Waals surface area contributed by atoms with E-state index in [9.17, 15) is 9.59 Å². The Kier molecular flexibility index (Phi) is 4.97. The number of nitrogens with zero attached hydrogens (tertiary/aromatic N) is 2. The molecule has 19 heavy (non-hydrogen) atoms. The number of nitrogens with one attached hydrogen (secondary N) is 1. The van der Waals surface area contributed by atoms with Gasteiger partial charge in [0.25, 0.3) is 5.91 Å². The van der Waals surface area contributed by atoms with Gasteiger partial charge in [0.15, 0.2) is 0 Å². The molecule has 0 aliphatic heterocycles. The number of carbonyl (C=O) groups is 2. The summed E-state index contributed by atoms with van der Waals surface area (Å²) in [6, 6.07) is -0.424. The molecule has 0 aromatic carbocycles. The van der Waals surface area contributed by atoms with Crippen molar-refractivity contribution in [3.05, 3.63) is 24.3 Å². The van der Waals surface area contributed by atoms with Crippen LogP contribution in [0.3, 0.4) is 0 Å². The summed E-state index contributed by atoms with van der Waals surface area (Å²) in [7, 11) is 0. The zero-order valence-corrected chi connectivity index (χ0v) is 11.4. The Morgan fingerprint density at radius 3 is 2.53 bits per heavy atom. The van der Waals surface area contributed by atoms with Crippen LogP contribution in [0, 0.1) is 5.41 Å². The van der Waals surface area contributed by atoms with Gasteiger partial charge in [-0.25, -0.2) is 4.98 Å². The summed E-state index contributed by atoms with van der Waals surface area (Å²) in [4.78, 5) is 30.4. The summed E-state index contributed by atoms with van der Waals surface area (Å²) in [5.74, 6) is -1.34. The monoisotopic (exact) mass is 265 g/mol. The van der Waals surface area contributed by atoms with E-state index in [0.717, 1.165) is 0 Å². The highest BCUT2D eigenvalue weighted by Crippen LogP contribution is 2.22. The van der Waals surface area contributed by atoms with Crippen molar-refractivity contribution >= 4 is 11.9 Å². The summed E-state index contributed by atoms with van der Waals surface area (Å²) in [5.41, 5.74) is 0.113. The molecule has 0 radical (unpaired) electrons. The molecular formula is C13H19N3O3. The van der Waals surface area contributed by atoms with Gasteiger partial charge in [0.2, 0.25) is 0 Å². The molecule has 1 heterocycles. The number of carboxylic acids is 1. The molecule has 1 rings (SSSR count). The number of carbonyl (C=O) groups excluding carboxylic acids is 1. The van der Waals surface area contributed by atoms with Crippen LogP contribution in [0.25, 0.3) is 0 Å². The molecule has 0 aliphatic carbocycles. The van der Waals surface area contributed by atoms with Gasteiger partial charge in [0, 0.05) is 18.4 Å². The lowest BCUT2D eigenvalue weighted by molar-refractivity contribution is -0.137. The highest BCUT2D eigenvalue weighted by molar-refractivity contribution is 5.92. The van der Waals surface area contributed by atoms with E-state index in [-0.39, 0.29) is 17.5 Å². The normalized spacial score (nSPS) is 12.8. The minimum Gasteiger partial charge on any atom is -0.481 e. The van der Waals surface area contributed by atoms with Gasteiger partial charge in [-0.15, -0.1) is 0 Å². The summed E-state index contributed by atoms with van der Waals surface area (Å²) in [6.45, 7) is 5.99. The standard InChI is InChI=1S/C13H19N3O3/c1-13(2,3)7-9(6-11(17)18)16-12(19)10-8-14-4-5-15-10/h4-5,8-9H,6-7H2,1-3H3,(H,16,19)(H,17,18). The van der Waals surface area contributed by atoms with Crippen molar-refractivity contribution in [2.24, 2.45) is 5.41 Å². The average Bonchev–Trinajstić information content (AvgIpc) is 2.26. The fourth-order valence-electron chi connectivity index (χ4n) is 1.80. The fraction of sp³-hybridized carbons (Fsp3) is 0.538. The summed E-state index contributed by atoms with van der Waals surface area (Å²) >= 11 is 0. The SMILES string of the molecule is CC(C)(C)CC(CC(=O)O)NC(=O)c1cnccn1. The smallest absolute Gasteiger partial charge is 0.305 e. The third-order valence-corrected chi connectivity index (χ3v) is 2.41. The highest BCUT2D eigenvalue weighted by atomic mass is 16.4. The van der Waals surface area contributed by atoms with Crippen molar-refractivity contribution in [1.82, 2.24) is 15.3 Å². The number of aromatic nitrogens is 2. The molecule has 0 spiro atoms. The Bertz CT molecular complexity index is 440. The molecule has 0 bridgehead atoms. The second-order valence-electron chi connectivity index (χ2n) is 5.62. The fourth-order valence-corrected chi connectivity index (χ4v) is 1.80. The van der Waals surface area contributed by atoms with Crippen molar-refractivity contribution in [3.8, 4) is 0 Å². The van der Waals surface area contributed by atoms with E-state index >= 15 is 0 Å². The summed E-state index contributed by atoms with van der Waals surface area (Å²) < 4.78 is 0. The molecule has 1 atom stereocenters. The lowest BCUT2D eigenvalue weighted by Crippen LogP contribution is -2.39. The zero-order valence-electron chi connectivity index (χ0n) is 11.4. The predicted molar refractivity (Wildman–Crippen MR) is 69.6 cm³/mol. The van der Waals surface area contributed by atoms with Crippen molar-refractivity contribution < 1.29 is 14.7 Å². The van der Waals surface area contributed by atoms with Crippen LogP contribution in [-0.2, 0) is 4.79 Å². The maximum Gasteiger partial charge on any atom is 0.305 e. The van der Waals surface area contributed by atoms with Gasteiger partial charge in [-0.1, -0.05) is 20.8 Å². The van der Waals surface area contributed by atoms with Crippen LogP contribution in [0.1, 0.15) is 44.1 Å². The van der Waals surface area contributed by atoms with Crippen LogP contribution in [0.5, 0.6) is 0 Å². The quantitative estimate of drug-likeness (QED) is 0.841. The zero-order chi connectivity index (χ0) is 14.5. The van der Waals surface area contributed by atoms with E-state index in [1.54, 1.807) is 0 Å². The van der Waals surface area contributed by atoms with Crippen LogP contribution in [0.15, 0.2) is 18.6 Å². The maximum atomic E-state index is 11.9. The molecular weight excluding hydrogens is 246 g/mol. The van der Waals surface area contributed by atoms with Crippen molar-refractivity contribution in [2.45, 2.75) is 39.7 Å². The average molecular weight is 265 g/mol. The van der Waals surface area contributed by atoms with Gasteiger partial charge in [0.05, 0.1) is 12.6 Å². The third-order valence-electron chi connectivity index (χ3n) is 2.41. The number of aliphatic carboxylic acids is 1. The molecule has 6 heteroatoms. The van der Waals surface area contributed by atoms with Gasteiger partial charge in [-0.2, -0.15) is 0 Å². The topological polar surface area (TPSA) is 92.2 Å². The molecule has 0 fully saturated rings. The minimum atomic E-state index is -0.936. The predicted octanol–water partition coefficient (Wildman–Crippen LogP) is 1.49. The van der Waals surface area contributed by atoms with E-state index < -0.39 is 17.9 Å². The number of amides is 1. The van der Waals surface area contributed by atoms with E-state index in [4.69, 9.17) is 5.11 Å². The van der Waals surface area contributed by atoms with Gasteiger partial charge in [-0.05, 0) is 11.8 Å². The molecule has 2 N–H and O–H groups in total. The van der Waals surface area contributed by atoms with E-state index in [2.05, 4.69) is 15.3 Å². The molecule has 1 aromatic heterocycles. The number of rotatable bonds is 5. The molecule has 0 saturated heterocycles. The first kappa shape index (κ1) is 15.1. The van der Waals surface area contributed by atoms with Crippen molar-refractivity contribution in [3.63, 3.8) is 0 Å². The molecule has 1 unspecified atom stereocenters. The van der Waals surface area contributed by atoms with Gasteiger partial charge >= 0.3 is 5.97 Å². The maximum absolute atomic E-state index is 11.9. The first-order chi connectivity index (χ1) is 8.78. The van der Waals surface area contributed by atoms with Crippen LogP contribution in [-0.4, -0.2) is 33.0 Å². The summed E-state index contributed by atoms with van der Waals surface area (Å²) in [5, 5.41) is 11.6.